The average Bonchev–Trinajstić information content (AvgIpc) is 2.14. The van der Waals surface area contributed by atoms with Crippen molar-refractivity contribution in [1.82, 2.24) is 10.2 Å². The first-order valence-electron chi connectivity index (χ1n) is 5.95. The lowest BCUT2D eigenvalue weighted by atomic mass is 10.0. The number of aliphatic hydroxyl groups excluding tert-OH is 1. The van der Waals surface area contributed by atoms with E-state index in [0.29, 0.717) is 18.0 Å². The molecule has 0 heterocycles. The molecule has 2 atom stereocenters. The van der Waals surface area contributed by atoms with Gasteiger partial charge in [0, 0.05) is 24.7 Å². The Morgan fingerprint density at radius 1 is 1.13 bits per heavy atom. The summed E-state index contributed by atoms with van der Waals surface area (Å²) in [7, 11) is 2.12. The second-order valence-corrected chi connectivity index (χ2v) is 5.13. The van der Waals surface area contributed by atoms with Crippen molar-refractivity contribution in [3.63, 3.8) is 0 Å². The zero-order valence-electron chi connectivity index (χ0n) is 11.1. The predicted molar refractivity (Wildman–Crippen MR) is 66.1 cm³/mol. The van der Waals surface area contributed by atoms with Gasteiger partial charge in [0.15, 0.2) is 0 Å². The molecule has 2 unspecified atom stereocenters. The Bertz CT molecular complexity index is 160. The highest BCUT2D eigenvalue weighted by molar-refractivity contribution is 4.75. The Balaban J connectivity index is 4.05. The SMILES string of the molecule is CC(C)NC(CO)CN(C)C(C)C(C)C. The van der Waals surface area contributed by atoms with E-state index in [4.69, 9.17) is 0 Å². The largest absolute Gasteiger partial charge is 0.395 e. The monoisotopic (exact) mass is 216 g/mol. The molecular formula is C12H28N2O. The fourth-order valence-electron chi connectivity index (χ4n) is 1.66. The molecule has 15 heavy (non-hydrogen) atoms. The number of hydrogen-bond donors (Lipinski definition) is 2. The van der Waals surface area contributed by atoms with Gasteiger partial charge in [0.1, 0.15) is 0 Å². The van der Waals surface area contributed by atoms with Gasteiger partial charge < -0.3 is 15.3 Å². The highest BCUT2D eigenvalue weighted by Crippen LogP contribution is 2.08. The number of likely N-dealkylation sites (N-methyl/N-ethyl adjacent to an activating group) is 1. The Labute approximate surface area is 94.9 Å². The minimum Gasteiger partial charge on any atom is -0.395 e. The third-order valence-electron chi connectivity index (χ3n) is 2.96. The third kappa shape index (κ3) is 6.13. The molecule has 0 rings (SSSR count). The Kier molecular flexibility index (Phi) is 7.14. The summed E-state index contributed by atoms with van der Waals surface area (Å²) in [5.41, 5.74) is 0. The predicted octanol–water partition coefficient (Wildman–Crippen LogP) is 1.32. The number of aliphatic hydroxyl groups is 1. The molecule has 0 aliphatic carbocycles. The summed E-state index contributed by atoms with van der Waals surface area (Å²) in [6.45, 7) is 12.0. The van der Waals surface area contributed by atoms with Crippen molar-refractivity contribution in [3.05, 3.63) is 0 Å². The highest BCUT2D eigenvalue weighted by Gasteiger charge is 2.17. The van der Waals surface area contributed by atoms with Gasteiger partial charge in [-0.05, 0) is 19.9 Å². The summed E-state index contributed by atoms with van der Waals surface area (Å²) in [6, 6.07) is 1.15. The van der Waals surface area contributed by atoms with E-state index >= 15 is 0 Å². The molecule has 3 heteroatoms. The quantitative estimate of drug-likeness (QED) is 0.674. The van der Waals surface area contributed by atoms with Gasteiger partial charge in [-0.3, -0.25) is 0 Å². The van der Waals surface area contributed by atoms with Crippen molar-refractivity contribution < 1.29 is 5.11 Å². The second kappa shape index (κ2) is 7.20. The molecule has 2 N–H and O–H groups in total. The van der Waals surface area contributed by atoms with Crippen molar-refractivity contribution in [3.8, 4) is 0 Å². The van der Waals surface area contributed by atoms with E-state index in [-0.39, 0.29) is 12.6 Å². The molecule has 0 radical (unpaired) electrons. The summed E-state index contributed by atoms with van der Waals surface area (Å²) >= 11 is 0. The second-order valence-electron chi connectivity index (χ2n) is 5.13. The summed E-state index contributed by atoms with van der Waals surface area (Å²) in [5, 5.41) is 12.6. The van der Waals surface area contributed by atoms with Gasteiger partial charge in [-0.2, -0.15) is 0 Å². The molecule has 3 nitrogen and oxygen atoms in total. The summed E-state index contributed by atoms with van der Waals surface area (Å²) in [4.78, 5) is 2.31. The van der Waals surface area contributed by atoms with Crippen LogP contribution in [0.4, 0.5) is 0 Å². The number of rotatable bonds is 7. The average molecular weight is 216 g/mol. The van der Waals surface area contributed by atoms with Gasteiger partial charge in [-0.15, -0.1) is 0 Å². The van der Waals surface area contributed by atoms with E-state index in [0.717, 1.165) is 6.54 Å². The van der Waals surface area contributed by atoms with Crippen LogP contribution in [-0.2, 0) is 0 Å². The minimum absolute atomic E-state index is 0.177. The number of hydrogen-bond acceptors (Lipinski definition) is 3. The first-order valence-corrected chi connectivity index (χ1v) is 5.95. The molecule has 0 aliphatic rings. The normalized spacial score (nSPS) is 16.4. The van der Waals surface area contributed by atoms with E-state index in [9.17, 15) is 5.11 Å². The van der Waals surface area contributed by atoms with Gasteiger partial charge in [-0.1, -0.05) is 27.7 Å². The summed E-state index contributed by atoms with van der Waals surface area (Å²) in [5.74, 6) is 0.647. The fraction of sp³-hybridized carbons (Fsp3) is 1.00. The first kappa shape index (κ1) is 14.9. The molecule has 0 aromatic rings. The van der Waals surface area contributed by atoms with Gasteiger partial charge in [0.05, 0.1) is 6.61 Å². The molecule has 0 saturated carbocycles. The van der Waals surface area contributed by atoms with Crippen molar-refractivity contribution in [2.24, 2.45) is 5.92 Å². The topological polar surface area (TPSA) is 35.5 Å². The fourth-order valence-corrected chi connectivity index (χ4v) is 1.66. The lowest BCUT2D eigenvalue weighted by molar-refractivity contribution is 0.149. The van der Waals surface area contributed by atoms with Crippen LogP contribution in [0, 0.1) is 5.92 Å². The number of nitrogens with zero attached hydrogens (tertiary/aromatic N) is 1. The Morgan fingerprint density at radius 2 is 1.67 bits per heavy atom. The lowest BCUT2D eigenvalue weighted by Crippen LogP contribution is -2.48. The van der Waals surface area contributed by atoms with Crippen LogP contribution in [0.1, 0.15) is 34.6 Å². The summed E-state index contributed by atoms with van der Waals surface area (Å²) in [6.07, 6.45) is 0. The molecule has 92 valence electrons. The summed E-state index contributed by atoms with van der Waals surface area (Å²) < 4.78 is 0. The molecule has 0 aliphatic heterocycles. The van der Waals surface area contributed by atoms with Gasteiger partial charge in [-0.25, -0.2) is 0 Å². The Morgan fingerprint density at radius 3 is 2.00 bits per heavy atom. The standard InChI is InChI=1S/C12H28N2O/c1-9(2)11(5)14(6)7-12(8-15)13-10(3)4/h9-13,15H,7-8H2,1-6H3. The third-order valence-corrected chi connectivity index (χ3v) is 2.96. The van der Waals surface area contributed by atoms with E-state index < -0.39 is 0 Å². The highest BCUT2D eigenvalue weighted by atomic mass is 16.3. The number of nitrogens with one attached hydrogen (secondary N) is 1. The molecule has 0 aromatic heterocycles. The smallest absolute Gasteiger partial charge is 0.0597 e. The van der Waals surface area contributed by atoms with Crippen LogP contribution in [0.25, 0.3) is 0 Å². The molecule has 0 amide bonds. The van der Waals surface area contributed by atoms with Gasteiger partial charge in [0.25, 0.3) is 0 Å². The molecule has 0 spiro atoms. The van der Waals surface area contributed by atoms with Gasteiger partial charge in [0.2, 0.25) is 0 Å². The van der Waals surface area contributed by atoms with Crippen molar-refractivity contribution in [1.29, 1.82) is 0 Å². The minimum atomic E-state index is 0.177. The molecule has 0 bridgehead atoms. The van der Waals surface area contributed by atoms with Crippen molar-refractivity contribution >= 4 is 0 Å². The lowest BCUT2D eigenvalue weighted by Gasteiger charge is -2.31. The van der Waals surface area contributed by atoms with Crippen LogP contribution in [0.2, 0.25) is 0 Å². The van der Waals surface area contributed by atoms with E-state index in [1.165, 1.54) is 0 Å². The van der Waals surface area contributed by atoms with Crippen LogP contribution in [0.3, 0.4) is 0 Å². The maximum absolute atomic E-state index is 9.26. The van der Waals surface area contributed by atoms with Crippen molar-refractivity contribution in [2.75, 3.05) is 20.2 Å². The van der Waals surface area contributed by atoms with Gasteiger partial charge >= 0.3 is 0 Å². The van der Waals surface area contributed by atoms with E-state index in [2.05, 4.69) is 51.9 Å². The maximum atomic E-state index is 9.26. The first-order chi connectivity index (χ1) is 6.88. The van der Waals surface area contributed by atoms with E-state index in [1.54, 1.807) is 0 Å². The Hall–Kier alpha value is -0.120. The molecule has 0 fully saturated rings. The molecular weight excluding hydrogens is 188 g/mol. The van der Waals surface area contributed by atoms with Crippen LogP contribution >= 0.6 is 0 Å². The zero-order valence-corrected chi connectivity index (χ0v) is 11.1. The van der Waals surface area contributed by atoms with E-state index in [1.807, 2.05) is 0 Å². The molecule has 0 saturated heterocycles. The maximum Gasteiger partial charge on any atom is 0.0597 e. The van der Waals surface area contributed by atoms with Crippen molar-refractivity contribution in [2.45, 2.75) is 52.7 Å². The molecule has 0 aromatic carbocycles. The van der Waals surface area contributed by atoms with Crippen LogP contribution in [0.15, 0.2) is 0 Å². The zero-order chi connectivity index (χ0) is 12.0. The van der Waals surface area contributed by atoms with Crippen LogP contribution < -0.4 is 5.32 Å². The van der Waals surface area contributed by atoms with Crippen LogP contribution in [-0.4, -0.2) is 48.3 Å². The van der Waals surface area contributed by atoms with Crippen LogP contribution in [0.5, 0.6) is 0 Å².